The van der Waals surface area contributed by atoms with Gasteiger partial charge in [0.2, 0.25) is 5.91 Å². The third-order valence-electron chi connectivity index (χ3n) is 4.16. The van der Waals surface area contributed by atoms with E-state index in [-0.39, 0.29) is 69.9 Å². The number of hydrogen-bond acceptors (Lipinski definition) is 9. The first-order valence-corrected chi connectivity index (χ1v) is 10.3. The lowest BCUT2D eigenvalue weighted by atomic mass is 10.1. The van der Waals surface area contributed by atoms with E-state index in [2.05, 4.69) is 10.6 Å². The maximum Gasteiger partial charge on any atom is 0.407 e. The normalized spacial score (nSPS) is 10.3. The minimum atomic E-state index is -0.627. The van der Waals surface area contributed by atoms with Crippen molar-refractivity contribution in [1.29, 1.82) is 0 Å². The summed E-state index contributed by atoms with van der Waals surface area (Å²) in [5.74, 6) is 0.427. The molecular formula is C20H31N3O9. The number of nitrogens with zero attached hydrogens (tertiary/aromatic N) is 1. The van der Waals surface area contributed by atoms with Gasteiger partial charge in [0.05, 0.1) is 44.5 Å². The zero-order chi connectivity index (χ0) is 23.8. The number of nitro benzene ring substituents is 1. The Morgan fingerprint density at radius 3 is 2.50 bits per heavy atom. The highest BCUT2D eigenvalue weighted by Gasteiger charge is 2.18. The average molecular weight is 457 g/mol. The van der Waals surface area contributed by atoms with Crippen molar-refractivity contribution in [3.63, 3.8) is 0 Å². The van der Waals surface area contributed by atoms with Gasteiger partial charge in [-0.25, -0.2) is 4.79 Å². The number of amides is 2. The van der Waals surface area contributed by atoms with E-state index in [4.69, 9.17) is 24.1 Å². The van der Waals surface area contributed by atoms with Gasteiger partial charge in [-0.3, -0.25) is 14.9 Å². The maximum absolute atomic E-state index is 11.9. The zero-order valence-corrected chi connectivity index (χ0v) is 18.4. The molecule has 0 heterocycles. The Bertz CT molecular complexity index is 743. The number of carbonyl (C=O) groups is 2. The third kappa shape index (κ3) is 10.3. The summed E-state index contributed by atoms with van der Waals surface area (Å²) in [7, 11) is 1.45. The minimum Gasteiger partial charge on any atom is -0.493 e. The largest absolute Gasteiger partial charge is 0.493 e. The molecule has 0 saturated heterocycles. The molecule has 0 atom stereocenters. The lowest BCUT2D eigenvalue weighted by Gasteiger charge is -2.12. The van der Waals surface area contributed by atoms with Crippen LogP contribution in [0.2, 0.25) is 0 Å². The van der Waals surface area contributed by atoms with Gasteiger partial charge in [0, 0.05) is 25.1 Å². The van der Waals surface area contributed by atoms with Gasteiger partial charge in [-0.1, -0.05) is 6.92 Å². The summed E-state index contributed by atoms with van der Waals surface area (Å²) in [6.45, 7) is 2.76. The monoisotopic (exact) mass is 457 g/mol. The maximum atomic E-state index is 11.9. The van der Waals surface area contributed by atoms with Gasteiger partial charge in [0.1, 0.15) is 6.61 Å². The second kappa shape index (κ2) is 15.6. The van der Waals surface area contributed by atoms with Crippen molar-refractivity contribution in [1.82, 2.24) is 10.6 Å². The van der Waals surface area contributed by atoms with Crippen LogP contribution >= 0.6 is 0 Å². The van der Waals surface area contributed by atoms with Crippen molar-refractivity contribution in [2.24, 2.45) is 0 Å². The number of nitro groups is 1. The molecule has 0 saturated carbocycles. The second-order valence-corrected chi connectivity index (χ2v) is 6.44. The fraction of sp³-hybridized carbons (Fsp3) is 0.600. The Morgan fingerprint density at radius 1 is 1.09 bits per heavy atom. The highest BCUT2D eigenvalue weighted by molar-refractivity contribution is 5.75. The van der Waals surface area contributed by atoms with Gasteiger partial charge in [-0.2, -0.15) is 0 Å². The van der Waals surface area contributed by atoms with Crippen molar-refractivity contribution in [3.05, 3.63) is 27.8 Å². The number of hydrogen-bond donors (Lipinski definition) is 3. The SMILES string of the molecule is CCc1cc(OC)c(OCCCC(=O)NCCNC(=O)OCCOCCO)cc1[N+](=O)[O-]. The molecule has 0 aliphatic rings. The van der Waals surface area contributed by atoms with E-state index in [0.29, 0.717) is 24.2 Å². The molecule has 180 valence electrons. The van der Waals surface area contributed by atoms with Crippen LogP contribution < -0.4 is 20.1 Å². The molecule has 0 unspecified atom stereocenters. The molecule has 0 radical (unpaired) electrons. The van der Waals surface area contributed by atoms with Crippen LogP contribution in [0.3, 0.4) is 0 Å². The van der Waals surface area contributed by atoms with Gasteiger partial charge in [-0.15, -0.1) is 0 Å². The highest BCUT2D eigenvalue weighted by Crippen LogP contribution is 2.35. The predicted octanol–water partition coefficient (Wildman–Crippen LogP) is 1.18. The number of aryl methyl sites for hydroxylation is 1. The van der Waals surface area contributed by atoms with Crippen LogP contribution in [0, 0.1) is 10.1 Å². The van der Waals surface area contributed by atoms with Gasteiger partial charge < -0.3 is 34.7 Å². The Balaban J connectivity index is 2.25. The Morgan fingerprint density at radius 2 is 1.84 bits per heavy atom. The smallest absolute Gasteiger partial charge is 0.407 e. The lowest BCUT2D eigenvalue weighted by molar-refractivity contribution is -0.385. The number of carbonyl (C=O) groups excluding carboxylic acids is 2. The van der Waals surface area contributed by atoms with Crippen molar-refractivity contribution >= 4 is 17.7 Å². The van der Waals surface area contributed by atoms with Crippen molar-refractivity contribution in [2.45, 2.75) is 26.2 Å². The molecule has 0 spiro atoms. The van der Waals surface area contributed by atoms with Crippen LogP contribution in [0.4, 0.5) is 10.5 Å². The van der Waals surface area contributed by atoms with Gasteiger partial charge >= 0.3 is 6.09 Å². The van der Waals surface area contributed by atoms with Crippen molar-refractivity contribution in [2.75, 3.05) is 53.2 Å². The van der Waals surface area contributed by atoms with Crippen LogP contribution in [0.5, 0.6) is 11.5 Å². The molecule has 32 heavy (non-hydrogen) atoms. The average Bonchev–Trinajstić information content (AvgIpc) is 2.78. The molecule has 12 heteroatoms. The summed E-state index contributed by atoms with van der Waals surface area (Å²) in [6.07, 6.45) is 0.433. The summed E-state index contributed by atoms with van der Waals surface area (Å²) in [5.41, 5.74) is 0.510. The van der Waals surface area contributed by atoms with Crippen LogP contribution in [0.25, 0.3) is 0 Å². The Hall–Kier alpha value is -3.12. The molecule has 1 aromatic carbocycles. The van der Waals surface area contributed by atoms with Crippen molar-refractivity contribution < 1.29 is 38.6 Å². The molecular weight excluding hydrogens is 426 g/mol. The number of benzene rings is 1. The van der Waals surface area contributed by atoms with Crippen LogP contribution in [-0.2, 0) is 20.7 Å². The first-order valence-electron chi connectivity index (χ1n) is 10.3. The third-order valence-corrected chi connectivity index (χ3v) is 4.16. The molecule has 3 N–H and O–H groups in total. The quantitative estimate of drug-likeness (QED) is 0.188. The molecule has 1 aromatic rings. The summed E-state index contributed by atoms with van der Waals surface area (Å²) in [5, 5.41) is 24.9. The molecule has 0 fully saturated rings. The summed E-state index contributed by atoms with van der Waals surface area (Å²) in [6, 6.07) is 2.92. The number of methoxy groups -OCH3 is 1. The molecule has 0 aromatic heterocycles. The second-order valence-electron chi connectivity index (χ2n) is 6.44. The minimum absolute atomic E-state index is 0.0373. The van der Waals surface area contributed by atoms with E-state index >= 15 is 0 Å². The van der Waals surface area contributed by atoms with Crippen LogP contribution in [-0.4, -0.2) is 75.3 Å². The fourth-order valence-corrected chi connectivity index (χ4v) is 2.60. The van der Waals surface area contributed by atoms with Gasteiger partial charge in [0.15, 0.2) is 11.5 Å². The van der Waals surface area contributed by atoms with E-state index in [1.165, 1.54) is 13.2 Å². The number of nitrogens with one attached hydrogen (secondary N) is 2. The highest BCUT2D eigenvalue weighted by atomic mass is 16.6. The molecule has 1 rings (SSSR count). The molecule has 0 aliphatic heterocycles. The number of aliphatic hydroxyl groups is 1. The topological polar surface area (TPSA) is 158 Å². The summed E-state index contributed by atoms with van der Waals surface area (Å²) < 4.78 is 20.6. The molecule has 12 nitrogen and oxygen atoms in total. The Labute approximate surface area is 186 Å². The fourth-order valence-electron chi connectivity index (χ4n) is 2.60. The van der Waals surface area contributed by atoms with Gasteiger partial charge in [0.25, 0.3) is 5.69 Å². The molecule has 2 amide bonds. The number of aliphatic hydroxyl groups excluding tert-OH is 1. The van der Waals surface area contributed by atoms with Crippen LogP contribution in [0.1, 0.15) is 25.3 Å². The Kier molecular flexibility index (Phi) is 13.2. The number of rotatable bonds is 16. The standard InChI is InChI=1S/C20H31N3O9/c1-3-15-13-17(29-2)18(14-16(15)23(27)28)31-9-4-5-19(25)21-6-7-22-20(26)32-12-11-30-10-8-24/h13-14,24H,3-12H2,1-2H3,(H,21,25)(H,22,26). The lowest BCUT2D eigenvalue weighted by Crippen LogP contribution is -2.35. The first-order chi connectivity index (χ1) is 15.4. The number of alkyl carbamates (subject to hydrolysis) is 1. The summed E-state index contributed by atoms with van der Waals surface area (Å²) in [4.78, 5) is 34.0. The summed E-state index contributed by atoms with van der Waals surface area (Å²) >= 11 is 0. The first kappa shape index (κ1) is 26.9. The molecule has 0 aliphatic carbocycles. The number of ether oxygens (including phenoxy) is 4. The van der Waals surface area contributed by atoms with Crippen molar-refractivity contribution in [3.8, 4) is 11.5 Å². The molecule has 0 bridgehead atoms. The predicted molar refractivity (Wildman–Crippen MR) is 114 cm³/mol. The van der Waals surface area contributed by atoms with Crippen LogP contribution in [0.15, 0.2) is 12.1 Å². The van der Waals surface area contributed by atoms with E-state index in [0.717, 1.165) is 0 Å². The van der Waals surface area contributed by atoms with Gasteiger partial charge in [-0.05, 0) is 18.9 Å². The van der Waals surface area contributed by atoms with E-state index in [1.54, 1.807) is 6.07 Å². The van der Waals surface area contributed by atoms with E-state index in [9.17, 15) is 19.7 Å². The zero-order valence-electron chi connectivity index (χ0n) is 18.4. The van der Waals surface area contributed by atoms with E-state index < -0.39 is 11.0 Å². The van der Waals surface area contributed by atoms with E-state index in [1.807, 2.05) is 6.92 Å².